The van der Waals surface area contributed by atoms with Gasteiger partial charge in [-0.1, -0.05) is 57.4 Å². The van der Waals surface area contributed by atoms with E-state index in [4.69, 9.17) is 0 Å². The molecule has 3 rings (SSSR count). The van der Waals surface area contributed by atoms with Crippen molar-refractivity contribution < 1.29 is 13.2 Å². The highest BCUT2D eigenvalue weighted by Crippen LogP contribution is 2.25. The Bertz CT molecular complexity index is 979. The lowest BCUT2D eigenvalue weighted by Gasteiger charge is -2.29. The van der Waals surface area contributed by atoms with Crippen LogP contribution in [0.1, 0.15) is 73.9 Å². The molecule has 0 aliphatic heterocycles. The zero-order chi connectivity index (χ0) is 23.7. The topological polar surface area (TPSA) is 66.5 Å². The molecule has 1 aliphatic rings. The lowest BCUT2D eigenvalue weighted by Crippen LogP contribution is -2.31. The molecule has 1 fully saturated rings. The van der Waals surface area contributed by atoms with Gasteiger partial charge in [0.25, 0.3) is 5.91 Å². The second-order valence-electron chi connectivity index (χ2n) is 9.17. The lowest BCUT2D eigenvalue weighted by atomic mass is 9.89. The Labute approximate surface area is 199 Å². The molecule has 0 bridgehead atoms. The van der Waals surface area contributed by atoms with Crippen molar-refractivity contribution in [3.05, 3.63) is 65.2 Å². The van der Waals surface area contributed by atoms with Crippen LogP contribution in [-0.2, 0) is 22.9 Å². The average molecular weight is 471 g/mol. The van der Waals surface area contributed by atoms with Crippen molar-refractivity contribution in [3.63, 3.8) is 0 Å². The van der Waals surface area contributed by atoms with E-state index in [9.17, 15) is 13.2 Å². The van der Waals surface area contributed by atoms with Gasteiger partial charge in [0.2, 0.25) is 0 Å². The maximum atomic E-state index is 12.6. The molecule has 1 amide bonds. The van der Waals surface area contributed by atoms with Crippen molar-refractivity contribution in [1.29, 1.82) is 0 Å². The number of rotatable bonds is 11. The van der Waals surface area contributed by atoms with E-state index in [2.05, 4.69) is 29.3 Å². The summed E-state index contributed by atoms with van der Waals surface area (Å²) in [6.45, 7) is 7.44. The van der Waals surface area contributed by atoms with Crippen LogP contribution in [0.2, 0.25) is 0 Å². The summed E-state index contributed by atoms with van der Waals surface area (Å²) in [5, 5.41) is 2.92. The molecule has 1 aliphatic carbocycles. The van der Waals surface area contributed by atoms with Gasteiger partial charge in [-0.05, 0) is 67.1 Å². The van der Waals surface area contributed by atoms with E-state index in [1.807, 2.05) is 12.1 Å². The van der Waals surface area contributed by atoms with Gasteiger partial charge < -0.3 is 5.32 Å². The first-order valence-electron chi connectivity index (χ1n) is 12.3. The molecule has 6 heteroatoms. The number of sulfone groups is 1. The van der Waals surface area contributed by atoms with Crippen molar-refractivity contribution in [2.45, 2.75) is 70.4 Å². The van der Waals surface area contributed by atoms with Crippen molar-refractivity contribution in [2.24, 2.45) is 5.92 Å². The fourth-order valence-electron chi connectivity index (χ4n) is 4.57. The maximum absolute atomic E-state index is 12.6. The second-order valence-corrected chi connectivity index (χ2v) is 11.4. The molecule has 5 nitrogen and oxygen atoms in total. The Morgan fingerprint density at radius 1 is 0.939 bits per heavy atom. The number of hydrogen-bond donors (Lipinski definition) is 1. The molecule has 2 aromatic carbocycles. The summed E-state index contributed by atoms with van der Waals surface area (Å²) in [5.41, 5.74) is 2.75. The molecular formula is C27H38N2O3S. The fraction of sp³-hybridized carbons (Fsp3) is 0.519. The molecular weight excluding hydrogens is 432 g/mol. The highest BCUT2D eigenvalue weighted by molar-refractivity contribution is 7.91. The van der Waals surface area contributed by atoms with Gasteiger partial charge in [-0.15, -0.1) is 0 Å². The van der Waals surface area contributed by atoms with Crippen LogP contribution >= 0.6 is 0 Å². The number of nitrogens with one attached hydrogen (secondary N) is 1. The maximum Gasteiger partial charge on any atom is 0.251 e. The summed E-state index contributed by atoms with van der Waals surface area (Å²) < 4.78 is 23.8. The first kappa shape index (κ1) is 25.4. The highest BCUT2D eigenvalue weighted by Gasteiger charge is 2.17. The zero-order valence-electron chi connectivity index (χ0n) is 20.1. The van der Waals surface area contributed by atoms with Crippen molar-refractivity contribution in [3.8, 4) is 0 Å². The van der Waals surface area contributed by atoms with Crippen LogP contribution < -0.4 is 5.32 Å². The quantitative estimate of drug-likeness (QED) is 0.490. The van der Waals surface area contributed by atoms with Gasteiger partial charge in [0, 0.05) is 25.2 Å². The third-order valence-corrected chi connectivity index (χ3v) is 8.27. The summed E-state index contributed by atoms with van der Waals surface area (Å²) in [6, 6.07) is 14.6. The van der Waals surface area contributed by atoms with E-state index in [-0.39, 0.29) is 11.7 Å². The molecule has 0 atom stereocenters. The number of nitrogens with zero attached hydrogens (tertiary/aromatic N) is 1. The molecule has 2 aromatic rings. The van der Waals surface area contributed by atoms with Crippen LogP contribution in [-0.4, -0.2) is 38.1 Å². The minimum Gasteiger partial charge on any atom is -0.348 e. The normalized spacial score (nSPS) is 15.0. The Morgan fingerprint density at radius 2 is 1.58 bits per heavy atom. The molecule has 1 N–H and O–H groups in total. The van der Waals surface area contributed by atoms with Gasteiger partial charge in [-0.3, -0.25) is 9.69 Å². The number of carbonyl (C=O) groups excluding carboxylic acids is 1. The van der Waals surface area contributed by atoms with E-state index >= 15 is 0 Å². The number of amides is 1. The van der Waals surface area contributed by atoms with Gasteiger partial charge in [0.05, 0.1) is 10.6 Å². The minimum absolute atomic E-state index is 0.0792. The summed E-state index contributed by atoms with van der Waals surface area (Å²) in [4.78, 5) is 15.5. The SMILES string of the molecule is CCCN(Cc1ccc(C(=O)NCc2ccc(S(=O)(=O)CC)cc2)cc1)CC1CCCCC1. The van der Waals surface area contributed by atoms with Crippen LogP contribution in [0.5, 0.6) is 0 Å². The monoisotopic (exact) mass is 470 g/mol. The predicted octanol–water partition coefficient (Wildman–Crippen LogP) is 5.20. The minimum atomic E-state index is -3.21. The van der Waals surface area contributed by atoms with Gasteiger partial charge in [-0.2, -0.15) is 0 Å². The lowest BCUT2D eigenvalue weighted by molar-refractivity contribution is 0.0951. The molecule has 0 aromatic heterocycles. The van der Waals surface area contributed by atoms with Crippen LogP contribution in [0.25, 0.3) is 0 Å². The van der Waals surface area contributed by atoms with E-state index in [1.54, 1.807) is 31.2 Å². The van der Waals surface area contributed by atoms with Gasteiger partial charge >= 0.3 is 0 Å². The Hall–Kier alpha value is -2.18. The molecule has 0 heterocycles. The number of benzene rings is 2. The average Bonchev–Trinajstić information content (AvgIpc) is 2.84. The molecule has 180 valence electrons. The molecule has 0 unspecified atom stereocenters. The van der Waals surface area contributed by atoms with Crippen LogP contribution in [0, 0.1) is 5.92 Å². The number of carbonyl (C=O) groups is 1. The fourth-order valence-corrected chi connectivity index (χ4v) is 5.46. The Kier molecular flexibility index (Phi) is 9.51. The van der Waals surface area contributed by atoms with Gasteiger partial charge in [0.15, 0.2) is 9.84 Å². The van der Waals surface area contributed by atoms with Crippen LogP contribution in [0.4, 0.5) is 0 Å². The summed E-state index contributed by atoms with van der Waals surface area (Å²) in [5.74, 6) is 0.779. The Balaban J connectivity index is 1.52. The van der Waals surface area contributed by atoms with Crippen molar-refractivity contribution in [2.75, 3.05) is 18.8 Å². The smallest absolute Gasteiger partial charge is 0.251 e. The first-order valence-corrected chi connectivity index (χ1v) is 14.0. The molecule has 0 radical (unpaired) electrons. The van der Waals surface area contributed by atoms with Crippen molar-refractivity contribution >= 4 is 15.7 Å². The standard InChI is InChI=1S/C27H38N2O3S/c1-3-18-29(20-23-8-6-5-7-9-23)21-24-10-14-25(15-11-24)27(30)28-19-22-12-16-26(17-13-22)33(31,32)4-2/h10-17,23H,3-9,18-21H2,1-2H3,(H,28,30). The van der Waals surface area contributed by atoms with Crippen molar-refractivity contribution in [1.82, 2.24) is 10.2 Å². The van der Waals surface area contributed by atoms with E-state index in [0.29, 0.717) is 17.0 Å². The summed E-state index contributed by atoms with van der Waals surface area (Å²) in [6.07, 6.45) is 8.00. The second kappa shape index (κ2) is 12.3. The van der Waals surface area contributed by atoms with E-state index in [1.165, 1.54) is 44.2 Å². The van der Waals surface area contributed by atoms with E-state index < -0.39 is 9.84 Å². The molecule has 33 heavy (non-hydrogen) atoms. The molecule has 1 saturated carbocycles. The largest absolute Gasteiger partial charge is 0.348 e. The summed E-state index contributed by atoms with van der Waals surface area (Å²) in [7, 11) is -3.21. The third-order valence-electron chi connectivity index (χ3n) is 6.52. The van der Waals surface area contributed by atoms with Crippen LogP contribution in [0.3, 0.4) is 0 Å². The van der Waals surface area contributed by atoms with Crippen LogP contribution in [0.15, 0.2) is 53.4 Å². The van der Waals surface area contributed by atoms with E-state index in [0.717, 1.165) is 31.0 Å². The Morgan fingerprint density at radius 3 is 2.18 bits per heavy atom. The number of hydrogen-bond acceptors (Lipinski definition) is 4. The summed E-state index contributed by atoms with van der Waals surface area (Å²) >= 11 is 0. The first-order chi connectivity index (χ1) is 15.9. The third kappa shape index (κ3) is 7.68. The predicted molar refractivity (Wildman–Crippen MR) is 134 cm³/mol. The zero-order valence-corrected chi connectivity index (χ0v) is 20.9. The van der Waals surface area contributed by atoms with Gasteiger partial charge in [0.1, 0.15) is 0 Å². The highest BCUT2D eigenvalue weighted by atomic mass is 32.2. The molecule has 0 spiro atoms. The van der Waals surface area contributed by atoms with Gasteiger partial charge in [-0.25, -0.2) is 8.42 Å². The molecule has 0 saturated heterocycles.